The summed E-state index contributed by atoms with van der Waals surface area (Å²) in [6.07, 6.45) is -4.05. The van der Waals surface area contributed by atoms with Crippen molar-refractivity contribution in [3.8, 4) is 5.75 Å². The molecule has 134 valence electrons. The van der Waals surface area contributed by atoms with E-state index in [0.29, 0.717) is 5.56 Å². The molecule has 0 amide bonds. The lowest BCUT2D eigenvalue weighted by Gasteiger charge is -2.13. The van der Waals surface area contributed by atoms with Crippen LogP contribution < -0.4 is 4.74 Å². The molecule has 0 aliphatic carbocycles. The molecule has 0 aromatic heterocycles. The van der Waals surface area contributed by atoms with Crippen LogP contribution in [-0.4, -0.2) is 12.6 Å². The van der Waals surface area contributed by atoms with Gasteiger partial charge in [-0.25, -0.2) is 0 Å². The Balaban J connectivity index is 2.11. The fourth-order valence-electron chi connectivity index (χ4n) is 2.18. The molecule has 25 heavy (non-hydrogen) atoms. The summed E-state index contributed by atoms with van der Waals surface area (Å²) in [5.41, 5.74) is 0.481. The summed E-state index contributed by atoms with van der Waals surface area (Å²) in [6.45, 7) is 1.86. The van der Waals surface area contributed by atoms with Gasteiger partial charge in [-0.1, -0.05) is 37.3 Å². The minimum Gasteiger partial charge on any atom is -0.489 e. The number of alkyl halides is 3. The molecular weight excluding hydrogens is 333 g/mol. The van der Waals surface area contributed by atoms with Crippen molar-refractivity contribution in [1.29, 1.82) is 0 Å². The van der Waals surface area contributed by atoms with Crippen molar-refractivity contribution < 1.29 is 27.4 Å². The number of hydrogen-bond acceptors (Lipinski definition) is 3. The minimum atomic E-state index is -4.47. The first-order chi connectivity index (χ1) is 11.9. The summed E-state index contributed by atoms with van der Waals surface area (Å²) < 4.78 is 49.7. The van der Waals surface area contributed by atoms with Gasteiger partial charge in [-0.05, 0) is 29.3 Å². The van der Waals surface area contributed by atoms with E-state index in [1.807, 2.05) is 30.3 Å². The first kappa shape index (κ1) is 18.8. The van der Waals surface area contributed by atoms with Gasteiger partial charge in [-0.3, -0.25) is 4.79 Å². The van der Waals surface area contributed by atoms with Gasteiger partial charge in [0.2, 0.25) is 0 Å². The fourth-order valence-corrected chi connectivity index (χ4v) is 2.18. The van der Waals surface area contributed by atoms with Crippen molar-refractivity contribution >= 4 is 5.97 Å². The first-order valence-corrected chi connectivity index (χ1v) is 7.92. The highest BCUT2D eigenvalue weighted by atomic mass is 19.4. The highest BCUT2D eigenvalue weighted by Crippen LogP contribution is 2.33. The summed E-state index contributed by atoms with van der Waals surface area (Å²) in [7, 11) is 0. The van der Waals surface area contributed by atoms with Crippen molar-refractivity contribution in [2.24, 2.45) is 0 Å². The van der Waals surface area contributed by atoms with Crippen LogP contribution in [0.4, 0.5) is 13.2 Å². The summed E-state index contributed by atoms with van der Waals surface area (Å²) >= 11 is 0. The van der Waals surface area contributed by atoms with Crippen molar-refractivity contribution in [2.45, 2.75) is 32.5 Å². The molecule has 0 fully saturated rings. The Morgan fingerprint density at radius 2 is 1.76 bits per heavy atom. The fraction of sp³-hybridized carbons (Fsp3) is 0.316. The zero-order valence-electron chi connectivity index (χ0n) is 13.8. The van der Waals surface area contributed by atoms with Gasteiger partial charge in [0, 0.05) is 12.8 Å². The molecule has 2 aromatic rings. The number of ether oxygens (including phenoxy) is 2. The van der Waals surface area contributed by atoms with Crippen LogP contribution in [0.1, 0.15) is 30.0 Å². The lowest BCUT2D eigenvalue weighted by atomic mass is 10.1. The average molecular weight is 352 g/mol. The third kappa shape index (κ3) is 6.14. The van der Waals surface area contributed by atoms with Crippen LogP contribution in [0, 0.1) is 0 Å². The molecule has 0 bridgehead atoms. The molecule has 2 rings (SSSR count). The number of hydrogen-bond donors (Lipinski definition) is 0. The number of esters is 1. The van der Waals surface area contributed by atoms with E-state index in [1.165, 1.54) is 6.07 Å². The van der Waals surface area contributed by atoms with Gasteiger partial charge >= 0.3 is 12.1 Å². The molecule has 0 N–H and O–H groups in total. The Hall–Kier alpha value is -2.50. The Morgan fingerprint density at radius 3 is 2.40 bits per heavy atom. The normalized spacial score (nSPS) is 11.2. The predicted molar refractivity (Wildman–Crippen MR) is 87.2 cm³/mol. The van der Waals surface area contributed by atoms with E-state index < -0.39 is 11.7 Å². The van der Waals surface area contributed by atoms with Crippen molar-refractivity contribution in [3.63, 3.8) is 0 Å². The Morgan fingerprint density at radius 1 is 1.04 bits per heavy atom. The van der Waals surface area contributed by atoms with Gasteiger partial charge in [0.1, 0.15) is 12.4 Å². The maximum absolute atomic E-state index is 13.1. The molecule has 0 heterocycles. The summed E-state index contributed by atoms with van der Waals surface area (Å²) in [4.78, 5) is 11.1. The van der Waals surface area contributed by atoms with Crippen LogP contribution in [0.5, 0.6) is 5.75 Å². The number of benzene rings is 2. The van der Waals surface area contributed by atoms with E-state index >= 15 is 0 Å². The molecular formula is C19H19F3O3. The smallest absolute Gasteiger partial charge is 0.416 e. The van der Waals surface area contributed by atoms with Crippen molar-refractivity contribution in [1.82, 2.24) is 0 Å². The molecule has 2 aromatic carbocycles. The second kappa shape index (κ2) is 8.55. The molecule has 0 saturated carbocycles. The lowest BCUT2D eigenvalue weighted by Crippen LogP contribution is -2.09. The van der Waals surface area contributed by atoms with Gasteiger partial charge < -0.3 is 9.47 Å². The van der Waals surface area contributed by atoms with E-state index in [1.54, 1.807) is 6.92 Å². The van der Waals surface area contributed by atoms with Crippen LogP contribution in [0.25, 0.3) is 0 Å². The third-order valence-electron chi connectivity index (χ3n) is 3.48. The van der Waals surface area contributed by atoms with E-state index in [0.717, 1.165) is 17.7 Å². The Bertz CT molecular complexity index is 697. The highest BCUT2D eigenvalue weighted by molar-refractivity contribution is 5.68. The molecule has 0 atom stereocenters. The van der Waals surface area contributed by atoms with Crippen LogP contribution in [0.15, 0.2) is 48.5 Å². The molecule has 0 saturated heterocycles. The van der Waals surface area contributed by atoms with E-state index in [9.17, 15) is 18.0 Å². The molecule has 0 aliphatic heterocycles. The SMILES string of the molecule is CCC(=O)OCCc1cc(OCc2ccccc2)cc(C(F)(F)F)c1. The zero-order chi connectivity index (χ0) is 18.3. The quantitative estimate of drug-likeness (QED) is 0.673. The summed E-state index contributed by atoms with van der Waals surface area (Å²) in [6, 6.07) is 12.7. The van der Waals surface area contributed by atoms with Gasteiger partial charge in [0.05, 0.1) is 12.2 Å². The molecule has 0 spiro atoms. The number of halogens is 3. The largest absolute Gasteiger partial charge is 0.489 e. The predicted octanol–water partition coefficient (Wildman–Crippen LogP) is 4.78. The monoisotopic (exact) mass is 352 g/mol. The number of carbonyl (C=O) groups excluding carboxylic acids is 1. The van der Waals surface area contributed by atoms with Crippen LogP contribution in [-0.2, 0) is 28.7 Å². The van der Waals surface area contributed by atoms with Crippen LogP contribution in [0.3, 0.4) is 0 Å². The topological polar surface area (TPSA) is 35.5 Å². The molecule has 0 aliphatic rings. The van der Waals surface area contributed by atoms with Crippen LogP contribution >= 0.6 is 0 Å². The maximum atomic E-state index is 13.1. The summed E-state index contributed by atoms with van der Waals surface area (Å²) in [5.74, 6) is -0.247. The zero-order valence-corrected chi connectivity index (χ0v) is 13.8. The van der Waals surface area contributed by atoms with Gasteiger partial charge in [0.25, 0.3) is 0 Å². The highest BCUT2D eigenvalue weighted by Gasteiger charge is 2.31. The van der Waals surface area contributed by atoms with E-state index in [-0.39, 0.29) is 37.8 Å². The number of carbonyl (C=O) groups is 1. The average Bonchev–Trinajstić information content (AvgIpc) is 2.60. The van der Waals surface area contributed by atoms with E-state index in [2.05, 4.69) is 0 Å². The lowest BCUT2D eigenvalue weighted by molar-refractivity contribution is -0.143. The molecule has 0 radical (unpaired) electrons. The maximum Gasteiger partial charge on any atom is 0.416 e. The number of rotatable bonds is 7. The van der Waals surface area contributed by atoms with Crippen molar-refractivity contribution in [2.75, 3.05) is 6.61 Å². The Kier molecular flexibility index (Phi) is 6.44. The molecule has 3 nitrogen and oxygen atoms in total. The van der Waals surface area contributed by atoms with Crippen molar-refractivity contribution in [3.05, 3.63) is 65.2 Å². The first-order valence-electron chi connectivity index (χ1n) is 7.92. The molecule has 0 unspecified atom stereocenters. The third-order valence-corrected chi connectivity index (χ3v) is 3.48. The second-order valence-corrected chi connectivity index (χ2v) is 5.46. The van der Waals surface area contributed by atoms with Gasteiger partial charge in [-0.15, -0.1) is 0 Å². The standard InChI is InChI=1S/C19H19F3O3/c1-2-18(23)24-9-8-15-10-16(19(20,21)22)12-17(11-15)25-13-14-6-4-3-5-7-14/h3-7,10-12H,2,8-9,13H2,1H3. The van der Waals surface area contributed by atoms with Gasteiger partial charge in [-0.2, -0.15) is 13.2 Å². The Labute approximate surface area is 144 Å². The van der Waals surface area contributed by atoms with Crippen LogP contribution in [0.2, 0.25) is 0 Å². The molecule has 6 heteroatoms. The van der Waals surface area contributed by atoms with Gasteiger partial charge in [0.15, 0.2) is 0 Å². The van der Waals surface area contributed by atoms with E-state index in [4.69, 9.17) is 9.47 Å². The minimum absolute atomic E-state index is 0.0338. The second-order valence-electron chi connectivity index (χ2n) is 5.46. The summed E-state index contributed by atoms with van der Waals surface area (Å²) in [5, 5.41) is 0.